The molecule has 1 unspecified atom stereocenters. The lowest BCUT2D eigenvalue weighted by molar-refractivity contribution is 0.102. The molecule has 4 heterocycles. The molecule has 9 nitrogen and oxygen atoms in total. The Balaban J connectivity index is 1.56. The average molecular weight is 461 g/mol. The van der Waals surface area contributed by atoms with Gasteiger partial charge in [0.15, 0.2) is 0 Å². The third-order valence-corrected chi connectivity index (χ3v) is 5.87. The van der Waals surface area contributed by atoms with E-state index in [1.807, 2.05) is 0 Å². The van der Waals surface area contributed by atoms with E-state index in [1.54, 1.807) is 25.3 Å². The van der Waals surface area contributed by atoms with Crippen molar-refractivity contribution in [2.45, 2.75) is 13.3 Å². The second-order valence-corrected chi connectivity index (χ2v) is 8.36. The van der Waals surface area contributed by atoms with Crippen molar-refractivity contribution in [3.63, 3.8) is 0 Å². The quantitative estimate of drug-likeness (QED) is 0.517. The highest BCUT2D eigenvalue weighted by atomic mass is 35.5. The summed E-state index contributed by atoms with van der Waals surface area (Å²) in [6, 6.07) is 3.43. The fourth-order valence-electron chi connectivity index (χ4n) is 3.38. The Kier molecular flexibility index (Phi) is 6.59. The van der Waals surface area contributed by atoms with E-state index in [1.165, 1.54) is 24.6 Å². The van der Waals surface area contributed by atoms with E-state index in [2.05, 4.69) is 30.8 Å². The van der Waals surface area contributed by atoms with Gasteiger partial charge >= 0.3 is 0 Å². The molecule has 0 spiro atoms. The number of carbonyl (C=O) groups is 1. The van der Waals surface area contributed by atoms with Crippen LogP contribution in [0, 0.1) is 12.8 Å². The molecule has 0 bridgehead atoms. The number of methoxy groups -OCH3 is 1. The molecule has 3 aromatic rings. The van der Waals surface area contributed by atoms with Gasteiger partial charge in [-0.3, -0.25) is 15.1 Å². The number of amides is 1. The summed E-state index contributed by atoms with van der Waals surface area (Å²) >= 11 is 7.25. The zero-order valence-corrected chi connectivity index (χ0v) is 18.6. The molecular formula is C20H21ClN6O3S. The molecule has 1 atom stereocenters. The van der Waals surface area contributed by atoms with Crippen LogP contribution in [0.1, 0.15) is 22.5 Å². The summed E-state index contributed by atoms with van der Waals surface area (Å²) in [5.74, 6) is 0.556. The molecule has 2 N–H and O–H groups in total. The Hall–Kier alpha value is -2.82. The molecule has 3 aromatic heterocycles. The van der Waals surface area contributed by atoms with Crippen molar-refractivity contribution < 1.29 is 14.3 Å². The summed E-state index contributed by atoms with van der Waals surface area (Å²) in [5, 5.41) is 15.2. The van der Waals surface area contributed by atoms with Gasteiger partial charge in [-0.25, -0.2) is 4.98 Å². The van der Waals surface area contributed by atoms with Gasteiger partial charge in [-0.2, -0.15) is 0 Å². The molecule has 11 heteroatoms. The smallest absolute Gasteiger partial charge is 0.295 e. The molecule has 1 saturated heterocycles. The first kappa shape index (κ1) is 21.4. The van der Waals surface area contributed by atoms with E-state index in [-0.39, 0.29) is 0 Å². The lowest BCUT2D eigenvalue weighted by atomic mass is 9.99. The summed E-state index contributed by atoms with van der Waals surface area (Å²) < 4.78 is 11.3. The van der Waals surface area contributed by atoms with Gasteiger partial charge in [-0.15, -0.1) is 5.10 Å². The van der Waals surface area contributed by atoms with Crippen LogP contribution in [0.3, 0.4) is 0 Å². The van der Waals surface area contributed by atoms with Crippen LogP contribution in [0.25, 0.3) is 11.1 Å². The number of nitrogens with zero attached hydrogens (tertiary/aromatic N) is 4. The van der Waals surface area contributed by atoms with Crippen molar-refractivity contribution in [3.05, 3.63) is 40.9 Å². The van der Waals surface area contributed by atoms with Crippen molar-refractivity contribution in [1.29, 1.82) is 0 Å². The zero-order valence-electron chi connectivity index (χ0n) is 17.0. The van der Waals surface area contributed by atoms with E-state index in [0.29, 0.717) is 56.1 Å². The molecule has 162 valence electrons. The lowest BCUT2D eigenvalue weighted by Gasteiger charge is -2.15. The normalized spacial score (nSPS) is 15.6. The highest BCUT2D eigenvalue weighted by Gasteiger charge is 2.22. The first-order valence-corrected chi connectivity index (χ1v) is 10.9. The van der Waals surface area contributed by atoms with Crippen LogP contribution < -0.4 is 20.1 Å². The number of nitrogens with one attached hydrogen (secondary N) is 2. The van der Waals surface area contributed by atoms with E-state index in [0.717, 1.165) is 19.5 Å². The second-order valence-electron chi connectivity index (χ2n) is 7.03. The van der Waals surface area contributed by atoms with Crippen LogP contribution in [0.5, 0.6) is 10.9 Å². The molecule has 1 aliphatic heterocycles. The van der Waals surface area contributed by atoms with Crippen molar-refractivity contribution in [2.24, 2.45) is 5.92 Å². The Bertz CT molecular complexity index is 1090. The monoisotopic (exact) mass is 460 g/mol. The summed E-state index contributed by atoms with van der Waals surface area (Å²) in [6.07, 6.45) is 4.15. The third-order valence-electron chi connectivity index (χ3n) is 4.91. The van der Waals surface area contributed by atoms with Crippen molar-refractivity contribution >= 4 is 34.0 Å². The maximum absolute atomic E-state index is 13.1. The number of ether oxygens (including phenoxy) is 2. The van der Waals surface area contributed by atoms with Crippen molar-refractivity contribution in [3.8, 4) is 22.1 Å². The summed E-state index contributed by atoms with van der Waals surface area (Å²) in [7, 11) is 1.53. The second kappa shape index (κ2) is 9.54. The van der Waals surface area contributed by atoms with Gasteiger partial charge in [-0.05, 0) is 48.9 Å². The molecule has 0 aromatic carbocycles. The molecule has 0 aliphatic carbocycles. The third kappa shape index (κ3) is 4.92. The number of halogens is 1. The number of anilines is 1. The summed E-state index contributed by atoms with van der Waals surface area (Å²) in [5.41, 5.74) is 2.24. The minimum absolute atomic E-state index is 0.309. The predicted molar refractivity (Wildman–Crippen MR) is 118 cm³/mol. The van der Waals surface area contributed by atoms with Gasteiger partial charge in [0.2, 0.25) is 5.13 Å². The SMILES string of the molecule is COc1c(C)ncc(C(=O)Nc2nnc(OCC3CCNC3)s2)c1-c1ccnc(Cl)c1. The minimum atomic E-state index is -0.392. The van der Waals surface area contributed by atoms with E-state index >= 15 is 0 Å². The summed E-state index contributed by atoms with van der Waals surface area (Å²) in [6.45, 7) is 4.32. The van der Waals surface area contributed by atoms with E-state index in [9.17, 15) is 4.79 Å². The van der Waals surface area contributed by atoms with Crippen LogP contribution in [-0.2, 0) is 0 Å². The Labute approximate surface area is 188 Å². The van der Waals surface area contributed by atoms with Crippen LogP contribution in [0.2, 0.25) is 5.15 Å². The Morgan fingerprint density at radius 3 is 3.00 bits per heavy atom. The fraction of sp³-hybridized carbons (Fsp3) is 0.350. The molecule has 31 heavy (non-hydrogen) atoms. The van der Waals surface area contributed by atoms with Gasteiger partial charge in [0.1, 0.15) is 10.9 Å². The molecule has 4 rings (SSSR count). The van der Waals surface area contributed by atoms with Crippen molar-refractivity contribution in [1.82, 2.24) is 25.5 Å². The van der Waals surface area contributed by atoms with E-state index in [4.69, 9.17) is 21.1 Å². The topological polar surface area (TPSA) is 111 Å². The Morgan fingerprint density at radius 1 is 1.39 bits per heavy atom. The van der Waals surface area contributed by atoms with Gasteiger partial charge in [-0.1, -0.05) is 16.7 Å². The van der Waals surface area contributed by atoms with Crippen LogP contribution in [0.4, 0.5) is 5.13 Å². The number of aryl methyl sites for hydroxylation is 1. The van der Waals surface area contributed by atoms with E-state index < -0.39 is 5.91 Å². The van der Waals surface area contributed by atoms with Gasteiger partial charge in [0.25, 0.3) is 11.1 Å². The van der Waals surface area contributed by atoms with Gasteiger partial charge in [0, 0.05) is 30.4 Å². The number of hydrogen-bond acceptors (Lipinski definition) is 9. The maximum Gasteiger partial charge on any atom is 0.295 e. The zero-order chi connectivity index (χ0) is 21.8. The van der Waals surface area contributed by atoms with Crippen LogP contribution in [-0.4, -0.2) is 52.9 Å². The minimum Gasteiger partial charge on any atom is -0.494 e. The van der Waals surface area contributed by atoms with Crippen molar-refractivity contribution in [2.75, 3.05) is 32.1 Å². The molecule has 1 amide bonds. The number of hydrogen-bond donors (Lipinski definition) is 2. The molecule has 0 saturated carbocycles. The van der Waals surface area contributed by atoms with Crippen LogP contribution >= 0.6 is 22.9 Å². The maximum atomic E-state index is 13.1. The molecular weight excluding hydrogens is 440 g/mol. The van der Waals surface area contributed by atoms with Crippen LogP contribution in [0.15, 0.2) is 24.5 Å². The average Bonchev–Trinajstić information content (AvgIpc) is 3.44. The molecule has 1 fully saturated rings. The Morgan fingerprint density at radius 2 is 2.26 bits per heavy atom. The largest absolute Gasteiger partial charge is 0.494 e. The predicted octanol–water partition coefficient (Wildman–Crippen LogP) is 3.21. The summed E-state index contributed by atoms with van der Waals surface area (Å²) in [4.78, 5) is 21.4. The highest BCUT2D eigenvalue weighted by Crippen LogP contribution is 2.36. The first-order chi connectivity index (χ1) is 15.0. The standard InChI is InChI=1S/C20H21ClN6O3S/c1-11-17(29-2)16(13-4-6-23-15(21)7-13)14(9-24-11)18(28)25-19-26-27-20(31-19)30-10-12-3-5-22-8-12/h4,6-7,9,12,22H,3,5,8,10H2,1-2H3,(H,25,26,28). The number of aromatic nitrogens is 4. The fourth-order valence-corrected chi connectivity index (χ4v) is 4.16. The molecule has 0 radical (unpaired) electrons. The lowest BCUT2D eigenvalue weighted by Crippen LogP contribution is -2.15. The number of carbonyl (C=O) groups excluding carboxylic acids is 1. The number of pyridine rings is 2. The number of rotatable bonds is 7. The van der Waals surface area contributed by atoms with Gasteiger partial charge in [0.05, 0.1) is 25.0 Å². The van der Waals surface area contributed by atoms with Gasteiger partial charge < -0.3 is 14.8 Å². The first-order valence-electron chi connectivity index (χ1n) is 9.69. The highest BCUT2D eigenvalue weighted by molar-refractivity contribution is 7.17. The molecule has 1 aliphatic rings.